The minimum atomic E-state index is -0.683. The number of hydrogen-bond acceptors (Lipinski definition) is 4. The maximum Gasteiger partial charge on any atom is 0.125 e. The Kier molecular flexibility index (Phi) is 6.29. The summed E-state index contributed by atoms with van der Waals surface area (Å²) in [4.78, 5) is 0. The van der Waals surface area contributed by atoms with Crippen molar-refractivity contribution in [3.05, 3.63) is 28.8 Å². The largest absolute Gasteiger partial charge is 0.490 e. The molecule has 0 amide bonds. The van der Waals surface area contributed by atoms with Crippen LogP contribution in [0.5, 0.6) is 5.75 Å². The van der Waals surface area contributed by atoms with Crippen molar-refractivity contribution in [3.8, 4) is 5.75 Å². The van der Waals surface area contributed by atoms with Gasteiger partial charge in [-0.3, -0.25) is 0 Å². The monoisotopic (exact) mass is 260 g/mol. The summed E-state index contributed by atoms with van der Waals surface area (Å²) in [5.41, 5.74) is 0.598. The van der Waals surface area contributed by atoms with Crippen molar-refractivity contribution in [2.24, 2.45) is 0 Å². The molecule has 0 bridgehead atoms. The molecule has 0 heterocycles. The second-order valence-corrected chi connectivity index (χ2v) is 3.97. The zero-order chi connectivity index (χ0) is 12.7. The van der Waals surface area contributed by atoms with Crippen LogP contribution >= 0.6 is 11.6 Å². The molecule has 2 N–H and O–H groups in total. The summed E-state index contributed by atoms with van der Waals surface area (Å²) < 4.78 is 10.5. The van der Waals surface area contributed by atoms with Crippen LogP contribution < -0.4 is 4.74 Å². The van der Waals surface area contributed by atoms with Gasteiger partial charge >= 0.3 is 0 Å². The highest BCUT2D eigenvalue weighted by molar-refractivity contribution is 6.30. The molecule has 0 aliphatic rings. The van der Waals surface area contributed by atoms with Gasteiger partial charge < -0.3 is 19.7 Å². The van der Waals surface area contributed by atoms with E-state index in [0.717, 1.165) is 0 Å². The van der Waals surface area contributed by atoms with Gasteiger partial charge in [-0.15, -0.1) is 0 Å². The lowest BCUT2D eigenvalue weighted by molar-refractivity contribution is 0.0160. The number of rotatable bonds is 7. The van der Waals surface area contributed by atoms with Gasteiger partial charge in [0.1, 0.15) is 18.5 Å². The predicted octanol–water partition coefficient (Wildman–Crippen LogP) is 1.61. The van der Waals surface area contributed by atoms with Crippen LogP contribution in [0.2, 0.25) is 5.02 Å². The number of hydrogen-bond donors (Lipinski definition) is 2. The molecule has 0 aliphatic carbocycles. The molecular formula is C12H17ClO4. The van der Waals surface area contributed by atoms with Gasteiger partial charge in [-0.2, -0.15) is 0 Å². The second kappa shape index (κ2) is 7.50. The van der Waals surface area contributed by atoms with Crippen LogP contribution in [0.4, 0.5) is 0 Å². The van der Waals surface area contributed by atoms with E-state index >= 15 is 0 Å². The third-order valence-electron chi connectivity index (χ3n) is 2.14. The standard InChI is InChI=1S/C12H17ClO4/c1-2-16-7-11(15)8-17-12-4-3-10(13)5-9(12)6-14/h3-5,11,14-15H,2,6-8H2,1H3. The minimum Gasteiger partial charge on any atom is -0.490 e. The van der Waals surface area contributed by atoms with E-state index in [9.17, 15) is 5.11 Å². The van der Waals surface area contributed by atoms with Gasteiger partial charge in [-0.1, -0.05) is 11.6 Å². The van der Waals surface area contributed by atoms with Crippen LogP contribution in [-0.4, -0.2) is 36.1 Å². The van der Waals surface area contributed by atoms with Crippen molar-refractivity contribution >= 4 is 11.6 Å². The van der Waals surface area contributed by atoms with Gasteiger partial charge in [-0.05, 0) is 25.1 Å². The lowest BCUT2D eigenvalue weighted by atomic mass is 10.2. The van der Waals surface area contributed by atoms with Crippen molar-refractivity contribution in [1.82, 2.24) is 0 Å². The highest BCUT2D eigenvalue weighted by Gasteiger charge is 2.08. The maximum atomic E-state index is 9.52. The SMILES string of the molecule is CCOCC(O)COc1ccc(Cl)cc1CO. The van der Waals surface area contributed by atoms with E-state index in [4.69, 9.17) is 26.2 Å². The summed E-state index contributed by atoms with van der Waals surface area (Å²) in [6, 6.07) is 4.97. The van der Waals surface area contributed by atoms with E-state index in [0.29, 0.717) is 22.9 Å². The van der Waals surface area contributed by atoms with Crippen molar-refractivity contribution in [2.45, 2.75) is 19.6 Å². The van der Waals surface area contributed by atoms with Crippen molar-refractivity contribution in [3.63, 3.8) is 0 Å². The first-order valence-electron chi connectivity index (χ1n) is 5.45. The highest BCUT2D eigenvalue weighted by Crippen LogP contribution is 2.22. The first kappa shape index (κ1) is 14.3. The van der Waals surface area contributed by atoms with Gasteiger partial charge in [0.25, 0.3) is 0 Å². The normalized spacial score (nSPS) is 12.5. The van der Waals surface area contributed by atoms with Gasteiger partial charge in [0.15, 0.2) is 0 Å². The van der Waals surface area contributed by atoms with Crippen LogP contribution in [0.15, 0.2) is 18.2 Å². The Bertz CT molecular complexity index is 343. The average molecular weight is 261 g/mol. The van der Waals surface area contributed by atoms with Crippen LogP contribution in [0.25, 0.3) is 0 Å². The molecule has 0 radical (unpaired) electrons. The summed E-state index contributed by atoms with van der Waals surface area (Å²) in [7, 11) is 0. The molecule has 0 spiro atoms. The Morgan fingerprint density at radius 3 is 2.76 bits per heavy atom. The van der Waals surface area contributed by atoms with E-state index in [2.05, 4.69) is 0 Å². The Morgan fingerprint density at radius 1 is 1.35 bits per heavy atom. The smallest absolute Gasteiger partial charge is 0.125 e. The van der Waals surface area contributed by atoms with Crippen LogP contribution in [-0.2, 0) is 11.3 Å². The molecule has 0 aromatic heterocycles. The average Bonchev–Trinajstić information content (AvgIpc) is 2.34. The Hall–Kier alpha value is -0.810. The zero-order valence-electron chi connectivity index (χ0n) is 9.73. The Morgan fingerprint density at radius 2 is 2.12 bits per heavy atom. The Balaban J connectivity index is 2.50. The molecule has 0 saturated heterocycles. The number of ether oxygens (including phenoxy) is 2. The first-order valence-corrected chi connectivity index (χ1v) is 5.83. The topological polar surface area (TPSA) is 58.9 Å². The van der Waals surface area contributed by atoms with E-state index in [1.165, 1.54) is 0 Å². The molecule has 1 aromatic carbocycles. The van der Waals surface area contributed by atoms with Gasteiger partial charge in [0.2, 0.25) is 0 Å². The van der Waals surface area contributed by atoms with Crippen molar-refractivity contribution < 1.29 is 19.7 Å². The number of aliphatic hydroxyl groups excluding tert-OH is 2. The third kappa shape index (κ3) is 4.91. The number of benzene rings is 1. The summed E-state index contributed by atoms with van der Waals surface area (Å²) in [5.74, 6) is 0.521. The molecule has 0 fully saturated rings. The molecule has 17 heavy (non-hydrogen) atoms. The van der Waals surface area contributed by atoms with Gasteiger partial charge in [-0.25, -0.2) is 0 Å². The first-order chi connectivity index (χ1) is 8.17. The summed E-state index contributed by atoms with van der Waals surface area (Å²) >= 11 is 5.79. The number of halogens is 1. The van der Waals surface area contributed by atoms with Crippen LogP contribution in [0.1, 0.15) is 12.5 Å². The molecule has 1 rings (SSSR count). The van der Waals surface area contributed by atoms with E-state index in [1.807, 2.05) is 6.92 Å². The van der Waals surface area contributed by atoms with Crippen molar-refractivity contribution in [1.29, 1.82) is 0 Å². The fourth-order valence-electron chi connectivity index (χ4n) is 1.30. The molecule has 0 saturated carbocycles. The van der Waals surface area contributed by atoms with E-state index in [1.54, 1.807) is 18.2 Å². The quantitative estimate of drug-likeness (QED) is 0.782. The highest BCUT2D eigenvalue weighted by atomic mass is 35.5. The van der Waals surface area contributed by atoms with Crippen LogP contribution in [0.3, 0.4) is 0 Å². The third-order valence-corrected chi connectivity index (χ3v) is 2.37. The summed E-state index contributed by atoms with van der Waals surface area (Å²) in [6.45, 7) is 2.61. The summed E-state index contributed by atoms with van der Waals surface area (Å²) in [6.07, 6.45) is -0.683. The molecule has 4 nitrogen and oxygen atoms in total. The fraction of sp³-hybridized carbons (Fsp3) is 0.500. The van der Waals surface area contributed by atoms with Crippen molar-refractivity contribution in [2.75, 3.05) is 19.8 Å². The fourth-order valence-corrected chi connectivity index (χ4v) is 1.50. The lowest BCUT2D eigenvalue weighted by Gasteiger charge is -2.14. The molecule has 96 valence electrons. The van der Waals surface area contributed by atoms with Crippen LogP contribution in [0, 0.1) is 0 Å². The molecule has 1 unspecified atom stereocenters. The molecule has 0 aliphatic heterocycles. The molecular weight excluding hydrogens is 244 g/mol. The van der Waals surface area contributed by atoms with E-state index in [-0.39, 0.29) is 19.8 Å². The zero-order valence-corrected chi connectivity index (χ0v) is 10.5. The summed E-state index contributed by atoms with van der Waals surface area (Å²) in [5, 5.41) is 19.2. The Labute approximate surface area is 106 Å². The van der Waals surface area contributed by atoms with E-state index < -0.39 is 6.10 Å². The lowest BCUT2D eigenvalue weighted by Crippen LogP contribution is -2.23. The van der Waals surface area contributed by atoms with Gasteiger partial charge in [0.05, 0.1) is 13.2 Å². The van der Waals surface area contributed by atoms with Gasteiger partial charge in [0, 0.05) is 17.2 Å². The predicted molar refractivity (Wildman–Crippen MR) is 65.4 cm³/mol. The second-order valence-electron chi connectivity index (χ2n) is 3.53. The molecule has 1 aromatic rings. The maximum absolute atomic E-state index is 9.52. The molecule has 5 heteroatoms. The number of aliphatic hydroxyl groups is 2. The minimum absolute atomic E-state index is 0.120. The molecule has 1 atom stereocenters.